The van der Waals surface area contributed by atoms with Crippen LogP contribution in [0, 0.1) is 5.41 Å². The van der Waals surface area contributed by atoms with Crippen molar-refractivity contribution in [1.29, 1.82) is 0 Å². The first-order valence-corrected chi connectivity index (χ1v) is 10.4. The van der Waals surface area contributed by atoms with Gasteiger partial charge in [-0.25, -0.2) is 0 Å². The summed E-state index contributed by atoms with van der Waals surface area (Å²) in [6, 6.07) is 0.947. The largest absolute Gasteiger partial charge is 0.353 e. The number of carbonyl (C=O) groups is 2. The van der Waals surface area contributed by atoms with Gasteiger partial charge in [0, 0.05) is 70.7 Å². The summed E-state index contributed by atoms with van der Waals surface area (Å²) < 4.78 is 0. The van der Waals surface area contributed by atoms with Crippen LogP contribution < -0.4 is 5.32 Å². The van der Waals surface area contributed by atoms with Crippen molar-refractivity contribution in [3.8, 4) is 0 Å². The Morgan fingerprint density at radius 2 is 1.81 bits per heavy atom. The number of rotatable bonds is 6. The Morgan fingerprint density at radius 3 is 2.42 bits per heavy atom. The van der Waals surface area contributed by atoms with E-state index in [1.54, 1.807) is 0 Å². The molecule has 6 heteroatoms. The highest BCUT2D eigenvalue weighted by atomic mass is 16.2. The standard InChI is InChI=1S/C20H36N4O2/c1-4-18(25)21-17-13-20(14-17)6-8-24(15-20)19(26)5-7-22-9-11-23(12-10-22)16(2)3/h16-17H,4-15H2,1-3H3,(H,21,25). The summed E-state index contributed by atoms with van der Waals surface area (Å²) in [5, 5.41) is 3.09. The number of nitrogens with one attached hydrogen (secondary N) is 1. The molecule has 2 saturated heterocycles. The summed E-state index contributed by atoms with van der Waals surface area (Å²) in [6.45, 7) is 13.5. The Hall–Kier alpha value is -1.14. The van der Waals surface area contributed by atoms with Crippen molar-refractivity contribution in [1.82, 2.24) is 20.0 Å². The fourth-order valence-corrected chi connectivity index (χ4v) is 4.81. The van der Waals surface area contributed by atoms with Crippen molar-refractivity contribution in [3.63, 3.8) is 0 Å². The third-order valence-electron chi connectivity index (χ3n) is 6.62. The molecule has 2 amide bonds. The topological polar surface area (TPSA) is 55.9 Å². The van der Waals surface area contributed by atoms with Gasteiger partial charge < -0.3 is 15.1 Å². The van der Waals surface area contributed by atoms with Crippen LogP contribution in [0.15, 0.2) is 0 Å². The first-order valence-electron chi connectivity index (χ1n) is 10.4. The van der Waals surface area contributed by atoms with Gasteiger partial charge in [-0.05, 0) is 38.5 Å². The van der Waals surface area contributed by atoms with Crippen molar-refractivity contribution >= 4 is 11.8 Å². The third-order valence-corrected chi connectivity index (χ3v) is 6.62. The SMILES string of the molecule is CCC(=O)NC1CC2(CCN(C(=O)CCN3CCN(C(C)C)CC3)C2)C1. The zero-order valence-corrected chi connectivity index (χ0v) is 16.8. The van der Waals surface area contributed by atoms with Crippen LogP contribution in [0.2, 0.25) is 0 Å². The summed E-state index contributed by atoms with van der Waals surface area (Å²) >= 11 is 0. The maximum atomic E-state index is 12.6. The first-order chi connectivity index (χ1) is 12.4. The van der Waals surface area contributed by atoms with Gasteiger partial charge in [-0.3, -0.25) is 14.5 Å². The van der Waals surface area contributed by atoms with Gasteiger partial charge in [0.2, 0.25) is 11.8 Å². The van der Waals surface area contributed by atoms with Crippen LogP contribution >= 0.6 is 0 Å². The number of piperazine rings is 1. The second-order valence-corrected chi connectivity index (χ2v) is 8.81. The molecule has 3 rings (SSSR count). The fraction of sp³-hybridized carbons (Fsp3) is 0.900. The lowest BCUT2D eigenvalue weighted by Crippen LogP contribution is -2.52. The quantitative estimate of drug-likeness (QED) is 0.772. The zero-order chi connectivity index (χ0) is 18.7. The summed E-state index contributed by atoms with van der Waals surface area (Å²) in [4.78, 5) is 31.1. The van der Waals surface area contributed by atoms with E-state index < -0.39 is 0 Å². The van der Waals surface area contributed by atoms with Crippen LogP contribution in [0.4, 0.5) is 0 Å². The van der Waals surface area contributed by atoms with E-state index in [1.165, 1.54) is 0 Å². The van der Waals surface area contributed by atoms with Gasteiger partial charge in [-0.1, -0.05) is 6.92 Å². The molecule has 3 aliphatic rings. The van der Waals surface area contributed by atoms with Crippen LogP contribution in [-0.4, -0.2) is 84.4 Å². The number of likely N-dealkylation sites (tertiary alicyclic amines) is 1. The average Bonchev–Trinajstić information content (AvgIpc) is 3.05. The molecule has 0 radical (unpaired) electrons. The smallest absolute Gasteiger partial charge is 0.223 e. The number of hydrogen-bond acceptors (Lipinski definition) is 4. The maximum absolute atomic E-state index is 12.6. The normalized spacial score (nSPS) is 30.0. The van der Waals surface area contributed by atoms with E-state index >= 15 is 0 Å². The Kier molecular flexibility index (Phi) is 6.23. The minimum atomic E-state index is 0.147. The van der Waals surface area contributed by atoms with E-state index in [0.29, 0.717) is 30.8 Å². The fourth-order valence-electron chi connectivity index (χ4n) is 4.81. The number of nitrogens with zero attached hydrogens (tertiary/aromatic N) is 3. The number of amides is 2. The summed E-state index contributed by atoms with van der Waals surface area (Å²) in [7, 11) is 0. The van der Waals surface area contributed by atoms with E-state index in [1.807, 2.05) is 6.92 Å². The van der Waals surface area contributed by atoms with Crippen LogP contribution in [0.5, 0.6) is 0 Å². The van der Waals surface area contributed by atoms with Crippen molar-refractivity contribution < 1.29 is 9.59 Å². The lowest BCUT2D eigenvalue weighted by atomic mass is 9.65. The van der Waals surface area contributed by atoms with Gasteiger partial charge in [0.05, 0.1) is 0 Å². The third kappa shape index (κ3) is 4.58. The minimum Gasteiger partial charge on any atom is -0.353 e. The van der Waals surface area contributed by atoms with Gasteiger partial charge in [0.1, 0.15) is 0 Å². The van der Waals surface area contributed by atoms with Gasteiger partial charge in [-0.2, -0.15) is 0 Å². The molecular formula is C20H36N4O2. The summed E-state index contributed by atoms with van der Waals surface area (Å²) in [5.74, 6) is 0.461. The number of carbonyl (C=O) groups excluding carboxylic acids is 2. The van der Waals surface area contributed by atoms with Crippen LogP contribution in [0.1, 0.15) is 52.9 Å². The maximum Gasteiger partial charge on any atom is 0.223 e. The predicted octanol–water partition coefficient (Wildman–Crippen LogP) is 1.31. The highest BCUT2D eigenvalue weighted by molar-refractivity contribution is 5.77. The van der Waals surface area contributed by atoms with Gasteiger partial charge in [0.25, 0.3) is 0 Å². The van der Waals surface area contributed by atoms with Crippen molar-refractivity contribution in [3.05, 3.63) is 0 Å². The van der Waals surface area contributed by atoms with Crippen LogP contribution in [0.25, 0.3) is 0 Å². The molecule has 6 nitrogen and oxygen atoms in total. The molecule has 0 aromatic rings. The lowest BCUT2D eigenvalue weighted by molar-refractivity contribution is -0.132. The molecule has 1 aliphatic carbocycles. The molecule has 0 aromatic heterocycles. The van der Waals surface area contributed by atoms with Crippen molar-refractivity contribution in [2.24, 2.45) is 5.41 Å². The Balaban J connectivity index is 1.35. The molecular weight excluding hydrogens is 328 g/mol. The highest BCUT2D eigenvalue weighted by Gasteiger charge is 2.49. The van der Waals surface area contributed by atoms with Gasteiger partial charge >= 0.3 is 0 Å². The monoisotopic (exact) mass is 364 g/mol. The van der Waals surface area contributed by atoms with Gasteiger partial charge in [-0.15, -0.1) is 0 Å². The Morgan fingerprint density at radius 1 is 1.12 bits per heavy atom. The van der Waals surface area contributed by atoms with Crippen molar-refractivity contribution in [2.45, 2.75) is 65.0 Å². The molecule has 1 saturated carbocycles. The van der Waals surface area contributed by atoms with Gasteiger partial charge in [0.15, 0.2) is 0 Å². The van der Waals surface area contributed by atoms with E-state index in [2.05, 4.69) is 33.9 Å². The molecule has 0 atom stereocenters. The first kappa shape index (κ1) is 19.6. The molecule has 148 valence electrons. The second kappa shape index (κ2) is 8.26. The molecule has 1 spiro atoms. The molecule has 3 fully saturated rings. The average molecular weight is 365 g/mol. The molecule has 0 unspecified atom stereocenters. The number of hydrogen-bond donors (Lipinski definition) is 1. The van der Waals surface area contributed by atoms with Crippen molar-refractivity contribution in [2.75, 3.05) is 45.8 Å². The molecule has 1 N–H and O–H groups in total. The molecule has 0 bridgehead atoms. The zero-order valence-electron chi connectivity index (χ0n) is 16.8. The highest BCUT2D eigenvalue weighted by Crippen LogP contribution is 2.48. The Bertz CT molecular complexity index is 508. The molecule has 2 aliphatic heterocycles. The van der Waals surface area contributed by atoms with E-state index in [4.69, 9.17) is 0 Å². The van der Waals surface area contributed by atoms with E-state index in [-0.39, 0.29) is 11.3 Å². The molecule has 26 heavy (non-hydrogen) atoms. The van der Waals surface area contributed by atoms with Crippen LogP contribution in [0.3, 0.4) is 0 Å². The van der Waals surface area contributed by atoms with E-state index in [0.717, 1.165) is 65.1 Å². The molecule has 2 heterocycles. The Labute approximate surface area is 158 Å². The summed E-state index contributed by atoms with van der Waals surface area (Å²) in [6.07, 6.45) is 4.39. The predicted molar refractivity (Wildman–Crippen MR) is 103 cm³/mol. The minimum absolute atomic E-state index is 0.147. The summed E-state index contributed by atoms with van der Waals surface area (Å²) in [5.41, 5.74) is 0.282. The second-order valence-electron chi connectivity index (χ2n) is 8.81. The van der Waals surface area contributed by atoms with E-state index in [9.17, 15) is 9.59 Å². The lowest BCUT2D eigenvalue weighted by Gasteiger charge is -2.45. The molecule has 0 aromatic carbocycles. The van der Waals surface area contributed by atoms with Crippen LogP contribution in [-0.2, 0) is 9.59 Å².